The minimum absolute atomic E-state index is 0.0217. The molecule has 3 rings (SSSR count). The Morgan fingerprint density at radius 2 is 1.62 bits per heavy atom. The molecule has 170 valence electrons. The molecule has 0 saturated carbocycles. The van der Waals surface area contributed by atoms with Crippen LogP contribution in [0.1, 0.15) is 30.4 Å². The lowest BCUT2D eigenvalue weighted by Gasteiger charge is -2.18. The summed E-state index contributed by atoms with van der Waals surface area (Å²) in [6, 6.07) is 15.1. The van der Waals surface area contributed by atoms with Crippen LogP contribution in [0.3, 0.4) is 0 Å². The first-order valence-electron chi connectivity index (χ1n) is 10.5. The molecule has 1 aliphatic rings. The van der Waals surface area contributed by atoms with Gasteiger partial charge in [0.05, 0.1) is 6.61 Å². The summed E-state index contributed by atoms with van der Waals surface area (Å²) in [5.41, 5.74) is 4.59. The van der Waals surface area contributed by atoms with Crippen LogP contribution < -0.4 is 10.6 Å². The van der Waals surface area contributed by atoms with E-state index in [0.717, 1.165) is 22.3 Å². The number of nitrogens with one attached hydrogen (secondary N) is 2. The molecule has 1 aliphatic carbocycles. The van der Waals surface area contributed by atoms with E-state index >= 15 is 0 Å². The predicted octanol–water partition coefficient (Wildman–Crippen LogP) is 2.77. The van der Waals surface area contributed by atoms with E-state index in [-0.39, 0.29) is 25.7 Å². The summed E-state index contributed by atoms with van der Waals surface area (Å²) in [6.07, 6.45) is -0.211. The van der Waals surface area contributed by atoms with Crippen molar-refractivity contribution in [3.05, 3.63) is 59.7 Å². The number of carboxylic acid groups (broad SMARTS) is 1. The smallest absolute Gasteiger partial charge is 0.407 e. The third kappa shape index (κ3) is 5.45. The van der Waals surface area contributed by atoms with Gasteiger partial charge >= 0.3 is 12.1 Å². The van der Waals surface area contributed by atoms with E-state index < -0.39 is 29.9 Å². The highest BCUT2D eigenvalue weighted by atomic mass is 16.5. The van der Waals surface area contributed by atoms with Gasteiger partial charge in [0.2, 0.25) is 5.91 Å². The summed E-state index contributed by atoms with van der Waals surface area (Å²) >= 11 is 0. The zero-order valence-electron chi connectivity index (χ0n) is 18.2. The predicted molar refractivity (Wildman–Crippen MR) is 118 cm³/mol. The lowest BCUT2D eigenvalue weighted by molar-refractivity contribution is -0.143. The summed E-state index contributed by atoms with van der Waals surface area (Å²) in [4.78, 5) is 35.5. The highest BCUT2D eigenvalue weighted by Crippen LogP contribution is 2.44. The van der Waals surface area contributed by atoms with Gasteiger partial charge in [-0.1, -0.05) is 55.5 Å². The molecule has 3 N–H and O–H groups in total. The van der Waals surface area contributed by atoms with Gasteiger partial charge in [0, 0.05) is 25.5 Å². The lowest BCUT2D eigenvalue weighted by Crippen LogP contribution is -2.46. The van der Waals surface area contributed by atoms with Crippen LogP contribution in [0, 0.1) is 5.92 Å². The van der Waals surface area contributed by atoms with Gasteiger partial charge in [-0.3, -0.25) is 4.79 Å². The average Bonchev–Trinajstić information content (AvgIpc) is 3.11. The van der Waals surface area contributed by atoms with Crippen LogP contribution in [0.4, 0.5) is 4.79 Å². The van der Waals surface area contributed by atoms with Crippen molar-refractivity contribution < 1.29 is 29.0 Å². The topological polar surface area (TPSA) is 114 Å². The van der Waals surface area contributed by atoms with E-state index in [4.69, 9.17) is 14.6 Å². The molecule has 0 aromatic heterocycles. The second kappa shape index (κ2) is 10.8. The first-order valence-corrected chi connectivity index (χ1v) is 10.5. The number of hydrogen-bond donors (Lipinski definition) is 3. The van der Waals surface area contributed by atoms with Crippen LogP contribution in [0.5, 0.6) is 0 Å². The molecule has 0 saturated heterocycles. The Hall–Kier alpha value is -3.39. The van der Waals surface area contributed by atoms with Crippen LogP contribution >= 0.6 is 0 Å². The summed E-state index contributed by atoms with van der Waals surface area (Å²) in [5, 5.41) is 14.2. The van der Waals surface area contributed by atoms with E-state index in [1.807, 2.05) is 24.3 Å². The number of benzene rings is 2. The van der Waals surface area contributed by atoms with Crippen molar-refractivity contribution in [3.8, 4) is 11.1 Å². The normalized spacial score (nSPS) is 14.1. The van der Waals surface area contributed by atoms with Crippen LogP contribution in [-0.4, -0.2) is 56.0 Å². The van der Waals surface area contributed by atoms with Gasteiger partial charge in [0.25, 0.3) is 0 Å². The van der Waals surface area contributed by atoms with Gasteiger partial charge in [0.1, 0.15) is 6.61 Å². The van der Waals surface area contributed by atoms with Gasteiger partial charge in [-0.15, -0.1) is 0 Å². The zero-order valence-corrected chi connectivity index (χ0v) is 18.2. The number of carbonyl (C=O) groups excluding carboxylic acids is 2. The minimum atomic E-state index is -1.16. The fourth-order valence-electron chi connectivity index (χ4n) is 3.83. The van der Waals surface area contributed by atoms with Crippen LogP contribution in [-0.2, 0) is 19.1 Å². The Kier molecular flexibility index (Phi) is 7.83. The van der Waals surface area contributed by atoms with Crippen LogP contribution in [0.2, 0.25) is 0 Å². The number of methoxy groups -OCH3 is 1. The number of alkyl carbamates (subject to hydrolysis) is 1. The second-order valence-corrected chi connectivity index (χ2v) is 7.80. The maximum absolute atomic E-state index is 12.2. The Balaban J connectivity index is 1.46. The number of hydrogen-bond acceptors (Lipinski definition) is 5. The van der Waals surface area contributed by atoms with Crippen molar-refractivity contribution in [2.45, 2.75) is 25.3 Å². The average molecular weight is 440 g/mol. The molecule has 2 aromatic rings. The third-order valence-electron chi connectivity index (χ3n) is 5.59. The Bertz CT molecular complexity index is 931. The fourth-order valence-corrected chi connectivity index (χ4v) is 3.83. The second-order valence-electron chi connectivity index (χ2n) is 7.80. The zero-order chi connectivity index (χ0) is 23.1. The molecule has 2 aromatic carbocycles. The molecule has 0 heterocycles. The van der Waals surface area contributed by atoms with Crippen molar-refractivity contribution in [1.82, 2.24) is 10.6 Å². The van der Waals surface area contributed by atoms with Crippen molar-refractivity contribution >= 4 is 18.0 Å². The molecular weight excluding hydrogens is 412 g/mol. The highest BCUT2D eigenvalue weighted by Gasteiger charge is 2.29. The molecule has 0 bridgehead atoms. The van der Waals surface area contributed by atoms with Gasteiger partial charge in [-0.05, 0) is 28.7 Å². The maximum Gasteiger partial charge on any atom is 0.407 e. The molecule has 0 fully saturated rings. The number of rotatable bonds is 10. The summed E-state index contributed by atoms with van der Waals surface area (Å²) in [5.74, 6) is -2.08. The third-order valence-corrected chi connectivity index (χ3v) is 5.59. The SMILES string of the molecule is COCC(NC(=O)C(C)CCNC(=O)OCC1c2ccccc2-c2ccccc21)C(=O)O. The lowest BCUT2D eigenvalue weighted by atomic mass is 9.98. The van der Waals surface area contributed by atoms with Crippen LogP contribution in [0.15, 0.2) is 48.5 Å². The Morgan fingerprint density at radius 3 is 2.19 bits per heavy atom. The molecule has 2 unspecified atom stereocenters. The minimum Gasteiger partial charge on any atom is -0.480 e. The van der Waals surface area contributed by atoms with Gasteiger partial charge < -0.3 is 25.2 Å². The van der Waals surface area contributed by atoms with Crippen LogP contribution in [0.25, 0.3) is 11.1 Å². The van der Waals surface area contributed by atoms with Gasteiger partial charge in [-0.2, -0.15) is 0 Å². The first kappa shape index (κ1) is 23.3. The quantitative estimate of drug-likeness (QED) is 0.524. The van der Waals surface area contributed by atoms with Crippen molar-refractivity contribution in [3.63, 3.8) is 0 Å². The highest BCUT2D eigenvalue weighted by molar-refractivity contribution is 5.85. The molecule has 2 amide bonds. The monoisotopic (exact) mass is 440 g/mol. The van der Waals surface area contributed by atoms with Gasteiger partial charge in [-0.25, -0.2) is 9.59 Å². The Labute approximate surface area is 186 Å². The Morgan fingerprint density at radius 1 is 1.03 bits per heavy atom. The maximum atomic E-state index is 12.2. The number of ether oxygens (including phenoxy) is 2. The number of carbonyl (C=O) groups is 3. The summed E-state index contributed by atoms with van der Waals surface area (Å²) in [6.45, 7) is 1.99. The summed E-state index contributed by atoms with van der Waals surface area (Å²) < 4.78 is 10.3. The largest absolute Gasteiger partial charge is 0.480 e. The van der Waals surface area contributed by atoms with Crippen molar-refractivity contribution in [1.29, 1.82) is 0 Å². The van der Waals surface area contributed by atoms with Crippen molar-refractivity contribution in [2.75, 3.05) is 26.9 Å². The number of amides is 2. The standard InChI is InChI=1S/C24H28N2O6/c1-15(22(27)26-21(14-31-2)23(28)29)11-12-25-24(30)32-13-20-18-9-5-3-7-16(18)17-8-4-6-10-19(17)20/h3-10,15,20-21H,11-14H2,1-2H3,(H,25,30)(H,26,27)(H,28,29). The molecular formula is C24H28N2O6. The van der Waals surface area contributed by atoms with Gasteiger partial charge in [0.15, 0.2) is 6.04 Å². The fraction of sp³-hybridized carbons (Fsp3) is 0.375. The van der Waals surface area contributed by atoms with E-state index in [1.165, 1.54) is 7.11 Å². The molecule has 0 aliphatic heterocycles. The molecule has 0 radical (unpaired) electrons. The first-order chi connectivity index (χ1) is 15.4. The number of carboxylic acids is 1. The van der Waals surface area contributed by atoms with E-state index in [1.54, 1.807) is 6.92 Å². The van der Waals surface area contributed by atoms with E-state index in [9.17, 15) is 14.4 Å². The molecule has 2 atom stereocenters. The molecule has 32 heavy (non-hydrogen) atoms. The number of fused-ring (bicyclic) bond motifs is 3. The molecule has 8 nitrogen and oxygen atoms in total. The van der Waals surface area contributed by atoms with Crippen molar-refractivity contribution in [2.24, 2.45) is 5.92 Å². The molecule has 0 spiro atoms. The summed E-state index contributed by atoms with van der Waals surface area (Å²) in [7, 11) is 1.36. The number of aliphatic carboxylic acids is 1. The molecule has 8 heteroatoms. The van der Waals surface area contributed by atoms with E-state index in [0.29, 0.717) is 6.42 Å². The van der Waals surface area contributed by atoms with E-state index in [2.05, 4.69) is 34.9 Å².